The summed E-state index contributed by atoms with van der Waals surface area (Å²) >= 11 is 5.92. The van der Waals surface area contributed by atoms with Gasteiger partial charge in [0.25, 0.3) is 5.91 Å². The van der Waals surface area contributed by atoms with Crippen molar-refractivity contribution in [2.24, 2.45) is 5.73 Å². The molecule has 0 saturated heterocycles. The summed E-state index contributed by atoms with van der Waals surface area (Å²) in [6.07, 6.45) is -8.76. The molecule has 2 unspecified atom stereocenters. The molecule has 0 radical (unpaired) electrons. The number of hydrogen-bond acceptors (Lipinski definition) is 4. The molecule has 0 bridgehead atoms. The maximum Gasteiger partial charge on any atom is 0.428 e. The molecule has 0 spiro atoms. The molecule has 29 heavy (non-hydrogen) atoms. The first kappa shape index (κ1) is 21.6. The van der Waals surface area contributed by atoms with Crippen LogP contribution in [-0.4, -0.2) is 40.3 Å². The lowest BCUT2D eigenvalue weighted by Gasteiger charge is -2.30. The molecule has 1 aliphatic rings. The average Bonchev–Trinajstić information content (AvgIpc) is 3.01. The Morgan fingerprint density at radius 3 is 2.34 bits per heavy atom. The predicted molar refractivity (Wildman–Crippen MR) is 103 cm³/mol. The normalized spacial score (nSPS) is 17.4. The summed E-state index contributed by atoms with van der Waals surface area (Å²) in [5.74, 6) is -0.226. The maximum atomic E-state index is 12.9. The van der Waals surface area contributed by atoms with Crippen molar-refractivity contribution in [2.75, 3.05) is 7.05 Å². The molecule has 156 valence electrons. The van der Waals surface area contributed by atoms with E-state index in [9.17, 15) is 23.1 Å². The number of hydrogen-bond donors (Lipinski definition) is 2. The molecule has 0 saturated carbocycles. The highest BCUT2D eigenvalue weighted by atomic mass is 35.5. The first-order chi connectivity index (χ1) is 13.5. The summed E-state index contributed by atoms with van der Waals surface area (Å²) in [4.78, 5) is 15.2. The monoisotopic (exact) mass is 427 g/mol. The predicted octanol–water partition coefficient (Wildman–Crippen LogP) is 3.83. The third-order valence-corrected chi connectivity index (χ3v) is 5.50. The van der Waals surface area contributed by atoms with Crippen molar-refractivity contribution in [3.05, 3.63) is 69.7 Å². The Morgan fingerprint density at radius 2 is 1.76 bits per heavy atom. The van der Waals surface area contributed by atoms with Crippen LogP contribution in [0, 0.1) is 0 Å². The van der Waals surface area contributed by atoms with E-state index in [1.54, 1.807) is 29.2 Å². The fourth-order valence-corrected chi connectivity index (χ4v) is 3.50. The summed E-state index contributed by atoms with van der Waals surface area (Å²) in [6, 6.07) is 11.7. The van der Waals surface area contributed by atoms with Crippen molar-refractivity contribution in [3.63, 3.8) is 0 Å². The van der Waals surface area contributed by atoms with E-state index >= 15 is 0 Å². The smallest absolute Gasteiger partial charge is 0.370 e. The lowest BCUT2D eigenvalue weighted by molar-refractivity contribution is -0.252. The van der Waals surface area contributed by atoms with Gasteiger partial charge >= 0.3 is 6.18 Å². The quantitative estimate of drug-likeness (QED) is 0.711. The number of fused-ring (bicyclic) bond motifs is 1. The molecule has 3 rings (SSSR count). The van der Waals surface area contributed by atoms with Crippen LogP contribution >= 0.6 is 11.6 Å². The van der Waals surface area contributed by atoms with Crippen LogP contribution in [0.2, 0.25) is 5.02 Å². The number of rotatable bonds is 5. The molecule has 9 heteroatoms. The van der Waals surface area contributed by atoms with Gasteiger partial charge < -0.3 is 15.7 Å². The lowest BCUT2D eigenvalue weighted by atomic mass is 10.0. The molecule has 1 aliphatic heterocycles. The van der Waals surface area contributed by atoms with Gasteiger partial charge in [-0.15, -0.1) is 0 Å². The van der Waals surface area contributed by atoms with Crippen LogP contribution in [0.4, 0.5) is 13.2 Å². The first-order valence-corrected chi connectivity index (χ1v) is 9.30. The van der Waals surface area contributed by atoms with E-state index in [4.69, 9.17) is 17.3 Å². The second-order valence-electron chi connectivity index (χ2n) is 7.10. The van der Waals surface area contributed by atoms with Crippen LogP contribution in [0.5, 0.6) is 0 Å². The summed E-state index contributed by atoms with van der Waals surface area (Å²) in [5, 5.41) is 10.0. The summed E-state index contributed by atoms with van der Waals surface area (Å²) in [5.41, 5.74) is 8.30. The molecule has 2 aromatic carbocycles. The summed E-state index contributed by atoms with van der Waals surface area (Å²) in [6.45, 7) is 2.28. The first-order valence-electron chi connectivity index (χ1n) is 8.92. The van der Waals surface area contributed by atoms with Crippen LogP contribution in [0.15, 0.2) is 42.5 Å². The number of carbonyl (C=O) groups excluding carboxylic acids is 1. The van der Waals surface area contributed by atoms with Gasteiger partial charge in [-0.1, -0.05) is 35.9 Å². The van der Waals surface area contributed by atoms with E-state index in [0.29, 0.717) is 27.6 Å². The summed E-state index contributed by atoms with van der Waals surface area (Å²) < 4.78 is 38.3. The molecule has 0 aliphatic carbocycles. The number of alkyl halides is 3. The zero-order valence-corrected chi connectivity index (χ0v) is 16.6. The molecular formula is C20H21ClF3N3O2. The van der Waals surface area contributed by atoms with Gasteiger partial charge in [-0.25, -0.2) is 0 Å². The van der Waals surface area contributed by atoms with E-state index in [-0.39, 0.29) is 11.9 Å². The molecule has 3 atom stereocenters. The van der Waals surface area contributed by atoms with Crippen molar-refractivity contribution >= 4 is 17.5 Å². The highest BCUT2D eigenvalue weighted by Crippen LogP contribution is 2.34. The second kappa shape index (κ2) is 7.95. The Hall–Kier alpha value is -2.13. The van der Waals surface area contributed by atoms with Crippen LogP contribution in [0.25, 0.3) is 0 Å². The number of amides is 1. The zero-order chi connectivity index (χ0) is 21.5. The molecule has 1 amide bonds. The van der Waals surface area contributed by atoms with E-state index in [1.165, 1.54) is 6.07 Å². The Morgan fingerprint density at radius 1 is 1.17 bits per heavy atom. The van der Waals surface area contributed by atoms with Crippen LogP contribution in [-0.2, 0) is 6.54 Å². The standard InChI is InChI=1S/C20H21ClF3N3O2/c1-11(12-5-7-15(21)8-6-12)27-10-14-4-3-13(9-16(14)18(27)28)17(25)26(2)19(29)20(22,23)24/h3-9,11,17,19,29H,10,25H2,1-2H3/t11-,17?,19?/m0/s1. The number of nitrogens with zero attached hydrogens (tertiary/aromatic N) is 2. The van der Waals surface area contributed by atoms with Gasteiger partial charge in [-0.2, -0.15) is 13.2 Å². The van der Waals surface area contributed by atoms with Gasteiger partial charge in [-0.3, -0.25) is 9.69 Å². The maximum absolute atomic E-state index is 12.9. The number of nitrogens with two attached hydrogens (primary N) is 1. The number of benzene rings is 2. The molecule has 1 heterocycles. The largest absolute Gasteiger partial charge is 0.428 e. The van der Waals surface area contributed by atoms with Gasteiger partial charge in [0.1, 0.15) is 0 Å². The van der Waals surface area contributed by atoms with Gasteiger partial charge in [0.15, 0.2) is 0 Å². The number of carbonyl (C=O) groups is 1. The zero-order valence-electron chi connectivity index (χ0n) is 15.8. The van der Waals surface area contributed by atoms with Crippen molar-refractivity contribution in [1.29, 1.82) is 0 Å². The van der Waals surface area contributed by atoms with Crippen molar-refractivity contribution in [2.45, 2.75) is 38.1 Å². The SMILES string of the molecule is C[C@@H](c1ccc(Cl)cc1)N1Cc2ccc(C(N)N(C)C(O)C(F)(F)F)cc2C1=O. The third kappa shape index (κ3) is 4.25. The van der Waals surface area contributed by atoms with E-state index in [2.05, 4.69) is 0 Å². The van der Waals surface area contributed by atoms with E-state index in [1.807, 2.05) is 19.1 Å². The number of halogens is 4. The minimum atomic E-state index is -4.83. The lowest BCUT2D eigenvalue weighted by Crippen LogP contribution is -2.47. The molecule has 2 aromatic rings. The van der Waals surface area contributed by atoms with Gasteiger partial charge in [0.2, 0.25) is 6.23 Å². The van der Waals surface area contributed by atoms with Crippen molar-refractivity contribution in [1.82, 2.24) is 9.80 Å². The highest BCUT2D eigenvalue weighted by molar-refractivity contribution is 6.30. The fourth-order valence-electron chi connectivity index (χ4n) is 3.38. The minimum Gasteiger partial charge on any atom is -0.370 e. The van der Waals surface area contributed by atoms with Gasteiger partial charge in [-0.05, 0) is 48.9 Å². The molecule has 0 fully saturated rings. The Labute approximate surface area is 171 Å². The second-order valence-corrected chi connectivity index (χ2v) is 7.54. The van der Waals surface area contributed by atoms with E-state index in [0.717, 1.165) is 18.2 Å². The fraction of sp³-hybridized carbons (Fsp3) is 0.350. The van der Waals surface area contributed by atoms with Crippen LogP contribution < -0.4 is 5.73 Å². The van der Waals surface area contributed by atoms with Crippen LogP contribution in [0.1, 0.15) is 46.2 Å². The highest BCUT2D eigenvalue weighted by Gasteiger charge is 2.43. The minimum absolute atomic E-state index is 0.209. The number of aliphatic hydroxyl groups is 1. The van der Waals surface area contributed by atoms with E-state index < -0.39 is 18.6 Å². The third-order valence-electron chi connectivity index (χ3n) is 5.24. The van der Waals surface area contributed by atoms with Crippen LogP contribution in [0.3, 0.4) is 0 Å². The Kier molecular flexibility index (Phi) is 5.91. The molecular weight excluding hydrogens is 407 g/mol. The number of aliphatic hydroxyl groups excluding tert-OH is 1. The van der Waals surface area contributed by atoms with Gasteiger partial charge in [0, 0.05) is 17.1 Å². The summed E-state index contributed by atoms with van der Waals surface area (Å²) in [7, 11) is 1.08. The topological polar surface area (TPSA) is 69.8 Å². The van der Waals surface area contributed by atoms with Gasteiger partial charge in [0.05, 0.1) is 12.2 Å². The molecule has 5 nitrogen and oxygen atoms in total. The molecule has 3 N–H and O–H groups in total. The Bertz CT molecular complexity index is 905. The van der Waals surface area contributed by atoms with Crippen molar-refractivity contribution < 1.29 is 23.1 Å². The Balaban J connectivity index is 1.82. The van der Waals surface area contributed by atoms with Crippen molar-refractivity contribution in [3.8, 4) is 0 Å². The molecule has 0 aromatic heterocycles. The average molecular weight is 428 g/mol.